The number of carboxylic acids is 1. The minimum atomic E-state index is -1.29. The molecule has 2 aromatic carbocycles. The van der Waals surface area contributed by atoms with Gasteiger partial charge in [0.05, 0.1) is 12.4 Å². The molecule has 0 saturated carbocycles. The maximum Gasteiger partial charge on any atom is 0.326 e. The summed E-state index contributed by atoms with van der Waals surface area (Å²) in [5, 5.41) is 17.7. The monoisotopic (exact) mass is 605 g/mol. The van der Waals surface area contributed by atoms with Gasteiger partial charge in [0, 0.05) is 31.3 Å². The normalized spacial score (nSPS) is 13.5. The van der Waals surface area contributed by atoms with Gasteiger partial charge in [0.2, 0.25) is 17.7 Å². The van der Waals surface area contributed by atoms with E-state index in [-0.39, 0.29) is 38.2 Å². The smallest absolute Gasteiger partial charge is 0.326 e. The number of carboxylic acid groups (broad SMARTS) is 1. The van der Waals surface area contributed by atoms with E-state index in [1.165, 1.54) is 12.5 Å². The van der Waals surface area contributed by atoms with Crippen molar-refractivity contribution in [3.8, 4) is 0 Å². The number of amides is 3. The van der Waals surface area contributed by atoms with E-state index in [4.69, 9.17) is 17.2 Å². The lowest BCUT2D eigenvalue weighted by atomic mass is 10.0. The third kappa shape index (κ3) is 11.2. The average Bonchev–Trinajstić information content (AvgIpc) is 3.52. The van der Waals surface area contributed by atoms with Crippen molar-refractivity contribution in [2.75, 3.05) is 6.54 Å². The molecular weight excluding hydrogens is 566 g/mol. The molecule has 14 nitrogen and oxygen atoms in total. The number of aliphatic imine (C=N–C) groups is 1. The lowest BCUT2D eigenvalue weighted by Gasteiger charge is -2.25. The number of nitrogens with one attached hydrogen (secondary N) is 4. The number of nitrogens with two attached hydrogens (primary N) is 3. The fourth-order valence-electron chi connectivity index (χ4n) is 4.43. The van der Waals surface area contributed by atoms with Crippen LogP contribution in [0.1, 0.15) is 29.7 Å². The second-order valence-corrected chi connectivity index (χ2v) is 10.2. The SMILES string of the molecule is NC(N)=NCCCC(NC(=O)C(N)Cc1ccccc1)C(=O)NC(Cc1ccccc1)C(=O)NC(Cc1cnc[nH]1)C(=O)O. The fraction of sp³-hybridized carbons (Fsp3) is 0.333. The summed E-state index contributed by atoms with van der Waals surface area (Å²) in [7, 11) is 0. The molecule has 1 aromatic heterocycles. The van der Waals surface area contributed by atoms with Crippen molar-refractivity contribution in [1.82, 2.24) is 25.9 Å². The lowest BCUT2D eigenvalue weighted by molar-refractivity contribution is -0.142. The lowest BCUT2D eigenvalue weighted by Crippen LogP contribution is -2.58. The summed E-state index contributed by atoms with van der Waals surface area (Å²) in [6, 6.07) is 13.7. The number of H-pyrrole nitrogens is 1. The summed E-state index contributed by atoms with van der Waals surface area (Å²) in [6.07, 6.45) is 3.62. The molecule has 11 N–H and O–H groups in total. The summed E-state index contributed by atoms with van der Waals surface area (Å²) in [5.41, 5.74) is 19.1. The predicted molar refractivity (Wildman–Crippen MR) is 164 cm³/mol. The molecule has 0 bridgehead atoms. The number of hydrogen-bond acceptors (Lipinski definition) is 7. The number of aromatic amines is 1. The molecule has 44 heavy (non-hydrogen) atoms. The molecule has 4 atom stereocenters. The number of hydrogen-bond donors (Lipinski definition) is 8. The molecular formula is C30H39N9O5. The standard InChI is InChI=1S/C30H39N9O5/c31-22(14-19-8-3-1-4-9-19)26(40)37-23(12-7-13-35-30(32)33)27(41)38-24(15-20-10-5-2-6-11-20)28(42)39-25(29(43)44)16-21-17-34-18-36-21/h1-6,8-11,17-18,22-25H,7,12-16,31H2,(H,34,36)(H,37,40)(H,38,41)(H,39,42)(H,43,44)(H4,32,33,35). The van der Waals surface area contributed by atoms with Crippen LogP contribution >= 0.6 is 0 Å². The Bertz CT molecular complexity index is 1380. The van der Waals surface area contributed by atoms with Crippen LogP contribution in [0, 0.1) is 0 Å². The average molecular weight is 606 g/mol. The first-order chi connectivity index (χ1) is 21.1. The Morgan fingerprint density at radius 3 is 1.93 bits per heavy atom. The third-order valence-corrected chi connectivity index (χ3v) is 6.72. The maximum atomic E-state index is 13.6. The minimum Gasteiger partial charge on any atom is -0.480 e. The second-order valence-electron chi connectivity index (χ2n) is 10.2. The van der Waals surface area contributed by atoms with Gasteiger partial charge in [0.1, 0.15) is 18.1 Å². The highest BCUT2D eigenvalue weighted by Crippen LogP contribution is 2.08. The molecule has 0 radical (unpaired) electrons. The second kappa shape index (κ2) is 17.0. The Labute approximate surface area is 254 Å². The van der Waals surface area contributed by atoms with Crippen LogP contribution in [0.3, 0.4) is 0 Å². The van der Waals surface area contributed by atoms with Crippen LogP contribution in [0.25, 0.3) is 0 Å². The number of carbonyl (C=O) groups excluding carboxylic acids is 3. The van der Waals surface area contributed by atoms with E-state index in [0.717, 1.165) is 11.1 Å². The molecule has 1 heterocycles. The highest BCUT2D eigenvalue weighted by atomic mass is 16.4. The highest BCUT2D eigenvalue weighted by molar-refractivity contribution is 5.94. The van der Waals surface area contributed by atoms with Crippen molar-refractivity contribution in [2.45, 2.75) is 56.3 Å². The van der Waals surface area contributed by atoms with Gasteiger partial charge in [-0.25, -0.2) is 9.78 Å². The van der Waals surface area contributed by atoms with Gasteiger partial charge in [-0.1, -0.05) is 60.7 Å². The molecule has 3 aromatic rings. The van der Waals surface area contributed by atoms with Gasteiger partial charge in [-0.3, -0.25) is 19.4 Å². The number of aromatic nitrogens is 2. The van der Waals surface area contributed by atoms with Gasteiger partial charge < -0.3 is 43.2 Å². The molecule has 0 aliphatic heterocycles. The van der Waals surface area contributed by atoms with Gasteiger partial charge in [0.15, 0.2) is 5.96 Å². The zero-order chi connectivity index (χ0) is 31.9. The molecule has 0 fully saturated rings. The number of guanidine groups is 1. The Balaban J connectivity index is 1.77. The molecule has 3 amide bonds. The Hall–Kier alpha value is -5.24. The van der Waals surface area contributed by atoms with E-state index in [9.17, 15) is 24.3 Å². The third-order valence-electron chi connectivity index (χ3n) is 6.72. The van der Waals surface area contributed by atoms with E-state index >= 15 is 0 Å². The summed E-state index contributed by atoms with van der Waals surface area (Å²) in [5.74, 6) is -3.27. The van der Waals surface area contributed by atoms with Crippen molar-refractivity contribution < 1.29 is 24.3 Å². The van der Waals surface area contributed by atoms with Gasteiger partial charge >= 0.3 is 5.97 Å². The largest absolute Gasteiger partial charge is 0.480 e. The van der Waals surface area contributed by atoms with Crippen molar-refractivity contribution >= 4 is 29.7 Å². The van der Waals surface area contributed by atoms with Gasteiger partial charge in [0.25, 0.3) is 0 Å². The number of nitrogens with zero attached hydrogens (tertiary/aromatic N) is 2. The number of rotatable bonds is 17. The molecule has 14 heteroatoms. The van der Waals surface area contributed by atoms with Crippen molar-refractivity contribution in [2.24, 2.45) is 22.2 Å². The molecule has 0 spiro atoms. The molecule has 234 valence electrons. The van der Waals surface area contributed by atoms with Crippen LogP contribution in [0.15, 0.2) is 78.2 Å². The molecule has 0 saturated heterocycles. The van der Waals surface area contributed by atoms with Crippen molar-refractivity contribution in [3.63, 3.8) is 0 Å². The highest BCUT2D eigenvalue weighted by Gasteiger charge is 2.30. The Morgan fingerprint density at radius 2 is 1.36 bits per heavy atom. The van der Waals surface area contributed by atoms with E-state index < -0.39 is 47.9 Å². The minimum absolute atomic E-state index is 0.0458. The summed E-state index contributed by atoms with van der Waals surface area (Å²) >= 11 is 0. The molecule has 0 aliphatic carbocycles. The maximum absolute atomic E-state index is 13.6. The first-order valence-corrected chi connectivity index (χ1v) is 14.1. The number of benzene rings is 2. The Kier molecular flexibility index (Phi) is 12.9. The predicted octanol–water partition coefficient (Wildman–Crippen LogP) is -0.642. The molecule has 3 rings (SSSR count). The summed E-state index contributed by atoms with van der Waals surface area (Å²) in [6.45, 7) is 0.208. The van der Waals surface area contributed by atoms with Gasteiger partial charge in [-0.05, 0) is 30.4 Å². The van der Waals surface area contributed by atoms with Crippen molar-refractivity contribution in [1.29, 1.82) is 0 Å². The van der Waals surface area contributed by atoms with Crippen LogP contribution in [0.2, 0.25) is 0 Å². The quantitative estimate of drug-likeness (QED) is 0.0553. The number of aliphatic carboxylic acids is 1. The van der Waals surface area contributed by atoms with Gasteiger partial charge in [-0.2, -0.15) is 0 Å². The summed E-state index contributed by atoms with van der Waals surface area (Å²) in [4.78, 5) is 62.7. The zero-order valence-corrected chi connectivity index (χ0v) is 24.2. The van der Waals surface area contributed by atoms with Crippen LogP contribution in [0.5, 0.6) is 0 Å². The van der Waals surface area contributed by atoms with E-state index in [2.05, 4.69) is 30.9 Å². The molecule has 0 aliphatic rings. The van der Waals surface area contributed by atoms with Crippen LogP contribution in [-0.2, 0) is 38.4 Å². The van der Waals surface area contributed by atoms with Crippen LogP contribution < -0.4 is 33.2 Å². The number of carbonyl (C=O) groups is 4. The fourth-order valence-corrected chi connectivity index (χ4v) is 4.43. The topological polar surface area (TPSA) is 244 Å². The molecule has 4 unspecified atom stereocenters. The first-order valence-electron chi connectivity index (χ1n) is 14.1. The van der Waals surface area contributed by atoms with Crippen molar-refractivity contribution in [3.05, 3.63) is 90.0 Å². The number of imidazole rings is 1. The van der Waals surface area contributed by atoms with Crippen LogP contribution in [-0.4, -0.2) is 75.4 Å². The van der Waals surface area contributed by atoms with E-state index in [1.807, 2.05) is 36.4 Å². The summed E-state index contributed by atoms with van der Waals surface area (Å²) < 4.78 is 0. The van der Waals surface area contributed by atoms with E-state index in [1.54, 1.807) is 24.3 Å². The van der Waals surface area contributed by atoms with E-state index in [0.29, 0.717) is 12.1 Å². The van der Waals surface area contributed by atoms with Gasteiger partial charge in [-0.15, -0.1) is 0 Å². The first kappa shape index (κ1) is 33.3. The zero-order valence-electron chi connectivity index (χ0n) is 24.2. The van der Waals surface area contributed by atoms with Crippen LogP contribution in [0.4, 0.5) is 0 Å². The Morgan fingerprint density at radius 1 is 0.795 bits per heavy atom.